The van der Waals surface area contributed by atoms with Gasteiger partial charge in [0, 0.05) is 19.5 Å². The fourth-order valence-corrected chi connectivity index (χ4v) is 2.23. The lowest BCUT2D eigenvalue weighted by Crippen LogP contribution is -2.12. The van der Waals surface area contributed by atoms with Crippen LogP contribution in [-0.2, 0) is 11.3 Å². The highest BCUT2D eigenvalue weighted by molar-refractivity contribution is 5.96. The van der Waals surface area contributed by atoms with Crippen molar-refractivity contribution in [2.75, 3.05) is 7.11 Å². The van der Waals surface area contributed by atoms with Crippen LogP contribution in [0.5, 0.6) is 0 Å². The second-order valence-electron chi connectivity index (χ2n) is 5.59. The first kappa shape index (κ1) is 20.1. The Balaban J connectivity index is 0.000000223. The molecule has 0 saturated heterocycles. The number of carbonyl (C=O) groups excluding carboxylic acids is 2. The van der Waals surface area contributed by atoms with Gasteiger partial charge in [-0.2, -0.15) is 5.10 Å². The predicted molar refractivity (Wildman–Crippen MR) is 93.3 cm³/mol. The van der Waals surface area contributed by atoms with Crippen LogP contribution in [0.3, 0.4) is 0 Å². The third-order valence-corrected chi connectivity index (χ3v) is 3.64. The van der Waals surface area contributed by atoms with Gasteiger partial charge in [-0.15, -0.1) is 0 Å². The molecule has 0 saturated carbocycles. The second-order valence-corrected chi connectivity index (χ2v) is 5.59. The third-order valence-electron chi connectivity index (χ3n) is 3.64. The van der Waals surface area contributed by atoms with E-state index < -0.39 is 11.8 Å². The number of fused-ring (bicyclic) bond motifs is 1. The first-order valence-electron chi connectivity index (χ1n) is 7.87. The number of benzene rings is 1. The molecule has 142 valence electrons. The average Bonchev–Trinajstić information content (AvgIpc) is 3.04. The van der Waals surface area contributed by atoms with E-state index in [1.165, 1.54) is 26.2 Å². The Morgan fingerprint density at radius 3 is 2.48 bits per heavy atom. The van der Waals surface area contributed by atoms with Crippen LogP contribution in [0.1, 0.15) is 39.0 Å². The van der Waals surface area contributed by atoms with Gasteiger partial charge in [-0.3, -0.25) is 4.79 Å². The van der Waals surface area contributed by atoms with Crippen molar-refractivity contribution in [3.05, 3.63) is 64.6 Å². The molecule has 0 spiro atoms. The van der Waals surface area contributed by atoms with Gasteiger partial charge in [-0.25, -0.2) is 23.1 Å². The number of carbonyl (C=O) groups is 2. The molecule has 2 aromatic heterocycles. The number of ketones is 1. The summed E-state index contributed by atoms with van der Waals surface area (Å²) in [5.41, 5.74) is 6.72. The monoisotopic (exact) mass is 376 g/mol. The molecule has 2 heterocycles. The topological polar surface area (TPSA) is 99.6 Å². The van der Waals surface area contributed by atoms with Crippen LogP contribution in [0.25, 0.3) is 5.65 Å². The summed E-state index contributed by atoms with van der Waals surface area (Å²) in [6.45, 7) is 3.49. The molecule has 0 atom stereocenters. The van der Waals surface area contributed by atoms with E-state index in [0.717, 1.165) is 16.3 Å². The minimum absolute atomic E-state index is 0.0688. The first-order valence-corrected chi connectivity index (χ1v) is 7.87. The molecule has 7 nitrogen and oxygen atoms in total. The fraction of sp³-hybridized carbons (Fsp3) is 0.222. The molecule has 0 unspecified atom stereocenters. The van der Waals surface area contributed by atoms with E-state index in [-0.39, 0.29) is 28.6 Å². The summed E-state index contributed by atoms with van der Waals surface area (Å²) >= 11 is 0. The molecule has 27 heavy (non-hydrogen) atoms. The number of aryl methyl sites for hydroxylation is 1. The summed E-state index contributed by atoms with van der Waals surface area (Å²) in [4.78, 5) is 26.4. The maximum absolute atomic E-state index is 13.3. The molecule has 3 aromatic rings. The van der Waals surface area contributed by atoms with Crippen molar-refractivity contribution >= 4 is 17.4 Å². The van der Waals surface area contributed by atoms with E-state index in [1.54, 1.807) is 19.1 Å². The summed E-state index contributed by atoms with van der Waals surface area (Å²) in [5.74, 6) is -1.98. The predicted octanol–water partition coefficient (Wildman–Crippen LogP) is 2.45. The van der Waals surface area contributed by atoms with E-state index in [1.807, 2.05) is 0 Å². The van der Waals surface area contributed by atoms with E-state index in [2.05, 4.69) is 14.8 Å². The van der Waals surface area contributed by atoms with Crippen molar-refractivity contribution in [2.45, 2.75) is 20.4 Å². The SMILES string of the molecule is COC(=O)c1cc(C(C)=O)n2ncc(F)c2n1.Cc1cc(CN)ccc1F. The van der Waals surface area contributed by atoms with Crippen molar-refractivity contribution in [1.29, 1.82) is 0 Å². The standard InChI is InChI=1S/C10H8FN3O3.C8H10FN/c1-5(15)8-3-7(10(16)17-2)13-9-6(11)4-12-14(8)9;1-6-4-7(5-10)2-3-8(6)9/h3-4H,1-2H3;2-4H,5,10H2,1H3. The Bertz CT molecular complexity index is 1000. The molecular weight excluding hydrogens is 358 g/mol. The second kappa shape index (κ2) is 8.45. The number of nitrogens with two attached hydrogens (primary N) is 1. The van der Waals surface area contributed by atoms with Gasteiger partial charge in [0.15, 0.2) is 22.9 Å². The smallest absolute Gasteiger partial charge is 0.356 e. The lowest BCUT2D eigenvalue weighted by molar-refractivity contribution is 0.0594. The summed E-state index contributed by atoms with van der Waals surface area (Å²) in [5, 5.41) is 3.67. The van der Waals surface area contributed by atoms with E-state index >= 15 is 0 Å². The van der Waals surface area contributed by atoms with Crippen molar-refractivity contribution in [2.24, 2.45) is 5.73 Å². The molecule has 0 aliphatic heterocycles. The van der Waals surface area contributed by atoms with Gasteiger partial charge >= 0.3 is 5.97 Å². The molecule has 0 bridgehead atoms. The molecule has 0 amide bonds. The Labute approximate surface area is 153 Å². The minimum atomic E-state index is -0.740. The van der Waals surface area contributed by atoms with Crippen LogP contribution in [0, 0.1) is 18.6 Å². The number of halogens is 2. The zero-order valence-electron chi connectivity index (χ0n) is 15.0. The zero-order chi connectivity index (χ0) is 20.1. The molecule has 0 aliphatic rings. The van der Waals surface area contributed by atoms with Gasteiger partial charge in [-0.1, -0.05) is 12.1 Å². The number of nitrogens with zero attached hydrogens (tertiary/aromatic N) is 3. The lowest BCUT2D eigenvalue weighted by Gasteiger charge is -2.03. The molecule has 9 heteroatoms. The number of methoxy groups -OCH3 is 1. The van der Waals surface area contributed by atoms with Crippen molar-refractivity contribution in [1.82, 2.24) is 14.6 Å². The number of Topliss-reactive ketones (excluding diaryl/α,β-unsaturated/α-hetero) is 1. The summed E-state index contributed by atoms with van der Waals surface area (Å²) in [7, 11) is 1.17. The highest BCUT2D eigenvalue weighted by atomic mass is 19.1. The summed E-state index contributed by atoms with van der Waals surface area (Å²) < 4.78 is 31.4. The molecule has 2 N–H and O–H groups in total. The number of hydrogen-bond acceptors (Lipinski definition) is 6. The lowest BCUT2D eigenvalue weighted by atomic mass is 10.1. The Morgan fingerprint density at radius 2 is 1.93 bits per heavy atom. The van der Waals surface area contributed by atoms with Crippen LogP contribution in [-0.4, -0.2) is 33.5 Å². The zero-order valence-corrected chi connectivity index (χ0v) is 15.0. The van der Waals surface area contributed by atoms with Gasteiger partial charge in [0.2, 0.25) is 0 Å². The van der Waals surface area contributed by atoms with Crippen LogP contribution in [0.4, 0.5) is 8.78 Å². The normalized spacial score (nSPS) is 10.3. The Kier molecular flexibility index (Phi) is 6.30. The summed E-state index contributed by atoms with van der Waals surface area (Å²) in [6.07, 6.45) is 0.926. The van der Waals surface area contributed by atoms with Gasteiger partial charge < -0.3 is 10.5 Å². The van der Waals surface area contributed by atoms with Gasteiger partial charge in [-0.05, 0) is 24.1 Å². The minimum Gasteiger partial charge on any atom is -0.464 e. The van der Waals surface area contributed by atoms with Crippen LogP contribution >= 0.6 is 0 Å². The van der Waals surface area contributed by atoms with Crippen molar-refractivity contribution < 1.29 is 23.1 Å². The van der Waals surface area contributed by atoms with Crippen LogP contribution < -0.4 is 5.73 Å². The Hall–Kier alpha value is -3.20. The number of ether oxygens (including phenoxy) is 1. The molecule has 0 radical (unpaired) electrons. The maximum Gasteiger partial charge on any atom is 0.356 e. The molecular formula is C18H18F2N4O3. The first-order chi connectivity index (χ1) is 12.8. The number of esters is 1. The molecule has 3 rings (SSSR count). The van der Waals surface area contributed by atoms with Crippen LogP contribution in [0.2, 0.25) is 0 Å². The molecule has 0 fully saturated rings. The Morgan fingerprint density at radius 1 is 1.22 bits per heavy atom. The third kappa shape index (κ3) is 4.50. The number of hydrogen-bond donors (Lipinski definition) is 1. The maximum atomic E-state index is 13.3. The molecule has 1 aromatic carbocycles. The largest absolute Gasteiger partial charge is 0.464 e. The highest BCUT2D eigenvalue weighted by Gasteiger charge is 2.17. The average molecular weight is 376 g/mol. The van der Waals surface area contributed by atoms with E-state index in [4.69, 9.17) is 5.73 Å². The van der Waals surface area contributed by atoms with Gasteiger partial charge in [0.1, 0.15) is 11.5 Å². The van der Waals surface area contributed by atoms with Gasteiger partial charge in [0.25, 0.3) is 0 Å². The van der Waals surface area contributed by atoms with E-state index in [0.29, 0.717) is 12.1 Å². The van der Waals surface area contributed by atoms with Crippen LogP contribution in [0.15, 0.2) is 30.5 Å². The number of aromatic nitrogens is 3. The van der Waals surface area contributed by atoms with Gasteiger partial charge in [0.05, 0.1) is 13.3 Å². The summed E-state index contributed by atoms with van der Waals surface area (Å²) in [6, 6.07) is 6.11. The number of rotatable bonds is 3. The highest BCUT2D eigenvalue weighted by Crippen LogP contribution is 2.12. The molecule has 0 aliphatic carbocycles. The van der Waals surface area contributed by atoms with Crippen molar-refractivity contribution in [3.8, 4) is 0 Å². The quantitative estimate of drug-likeness (QED) is 0.557. The van der Waals surface area contributed by atoms with Crippen molar-refractivity contribution in [3.63, 3.8) is 0 Å². The van der Waals surface area contributed by atoms with E-state index in [9.17, 15) is 18.4 Å². The fourth-order valence-electron chi connectivity index (χ4n) is 2.23.